The van der Waals surface area contributed by atoms with Gasteiger partial charge in [-0.25, -0.2) is 22.2 Å². The molecule has 0 aliphatic heterocycles. The molecule has 2 aromatic carbocycles. The van der Waals surface area contributed by atoms with E-state index in [1.807, 2.05) is 0 Å². The quantitative estimate of drug-likeness (QED) is 0.106. The number of halogens is 7. The number of nitrogens with one attached hydrogen (secondary N) is 2. The van der Waals surface area contributed by atoms with Gasteiger partial charge in [-0.05, 0) is 67.5 Å². The molecule has 1 aliphatic carbocycles. The van der Waals surface area contributed by atoms with Crippen LogP contribution < -0.4 is 10.0 Å². The molecule has 0 saturated heterocycles. The van der Waals surface area contributed by atoms with E-state index in [0.29, 0.717) is 27.2 Å². The number of rotatable bonds is 10. The number of hydrogen-bond donors (Lipinski definition) is 3. The van der Waals surface area contributed by atoms with Crippen LogP contribution >= 0.6 is 0 Å². The molecular formula is C39H38F7N7O4S. The number of hydrogen-bond acceptors (Lipinski definition) is 7. The molecule has 5 aromatic rings. The van der Waals surface area contributed by atoms with Crippen molar-refractivity contribution >= 4 is 32.7 Å². The fraction of sp³-hybridized carbons (Fsp3) is 0.385. The third-order valence-corrected chi connectivity index (χ3v) is 10.6. The summed E-state index contributed by atoms with van der Waals surface area (Å²) < 4.78 is 130. The summed E-state index contributed by atoms with van der Waals surface area (Å²) in [6.07, 6.45) is -5.17. The van der Waals surface area contributed by atoms with Gasteiger partial charge in [0.2, 0.25) is 15.9 Å². The zero-order valence-corrected chi connectivity index (χ0v) is 32.8. The second-order valence-electron chi connectivity index (χ2n) is 14.9. The van der Waals surface area contributed by atoms with Crippen molar-refractivity contribution in [2.75, 3.05) is 11.0 Å². The van der Waals surface area contributed by atoms with Crippen molar-refractivity contribution < 1.29 is 49.1 Å². The van der Waals surface area contributed by atoms with Crippen LogP contribution in [0.5, 0.6) is 0 Å². The van der Waals surface area contributed by atoms with E-state index in [-0.39, 0.29) is 40.7 Å². The third-order valence-electron chi connectivity index (χ3n) is 10.0. The lowest BCUT2D eigenvalue weighted by Gasteiger charge is -2.23. The highest BCUT2D eigenvalue weighted by Crippen LogP contribution is 2.49. The van der Waals surface area contributed by atoms with Crippen LogP contribution in [-0.2, 0) is 53.4 Å². The minimum absolute atomic E-state index is 0.000887. The van der Waals surface area contributed by atoms with Crippen molar-refractivity contribution in [2.45, 2.75) is 70.8 Å². The zero-order valence-electron chi connectivity index (χ0n) is 31.9. The average Bonchev–Trinajstić information content (AvgIpc) is 3.70. The molecule has 6 rings (SSSR count). The van der Waals surface area contributed by atoms with Crippen LogP contribution in [-0.4, -0.2) is 55.8 Å². The number of nitrogens with zero attached hydrogens (tertiary/aromatic N) is 5. The highest BCUT2D eigenvalue weighted by Gasteiger charge is 2.54. The number of anilines is 1. The van der Waals surface area contributed by atoms with Crippen LogP contribution in [0.4, 0.5) is 36.6 Å². The Balaban J connectivity index is 1.54. The number of amides is 1. The van der Waals surface area contributed by atoms with E-state index >= 15 is 8.78 Å². The highest BCUT2D eigenvalue weighted by molar-refractivity contribution is 7.92. The molecule has 58 heavy (non-hydrogen) atoms. The number of benzene rings is 2. The third kappa shape index (κ3) is 8.53. The van der Waals surface area contributed by atoms with Gasteiger partial charge in [0, 0.05) is 41.1 Å². The minimum atomic E-state index is -5.10. The van der Waals surface area contributed by atoms with Crippen LogP contribution in [0.1, 0.15) is 67.6 Å². The summed E-state index contributed by atoms with van der Waals surface area (Å²) in [5, 5.41) is 21.6. The second kappa shape index (κ2) is 15.0. The number of carbonyl (C=O) groups excluding carboxylic acids is 1. The maximum absolute atomic E-state index is 15.4. The van der Waals surface area contributed by atoms with Crippen molar-refractivity contribution in [1.29, 1.82) is 0 Å². The lowest BCUT2D eigenvalue weighted by molar-refractivity contribution is -0.142. The summed E-state index contributed by atoms with van der Waals surface area (Å²) in [6, 6.07) is 9.13. The Labute approximate surface area is 328 Å². The van der Waals surface area contributed by atoms with Crippen molar-refractivity contribution in [3.05, 3.63) is 94.1 Å². The Morgan fingerprint density at radius 1 is 1.07 bits per heavy atom. The van der Waals surface area contributed by atoms with E-state index in [1.165, 1.54) is 17.7 Å². The maximum atomic E-state index is 15.4. The smallest absolute Gasteiger partial charge is 0.378 e. The first-order valence-electron chi connectivity index (χ1n) is 17.9. The number of alkyl halides is 5. The first kappa shape index (κ1) is 42.1. The maximum Gasteiger partial charge on any atom is 0.435 e. The summed E-state index contributed by atoms with van der Waals surface area (Å²) in [6.45, 7) is 4.97. The van der Waals surface area contributed by atoms with E-state index < -0.39 is 87.1 Å². The molecule has 3 N–H and O–H groups in total. The summed E-state index contributed by atoms with van der Waals surface area (Å²) in [7, 11) is -2.24. The zero-order chi connectivity index (χ0) is 42.7. The van der Waals surface area contributed by atoms with E-state index in [2.05, 4.69) is 32.1 Å². The van der Waals surface area contributed by atoms with Crippen molar-refractivity contribution in [3.8, 4) is 23.0 Å². The number of fused-ring (bicyclic) bond motifs is 2. The van der Waals surface area contributed by atoms with Gasteiger partial charge >= 0.3 is 6.18 Å². The Bertz CT molecular complexity index is 2590. The first-order chi connectivity index (χ1) is 26.9. The molecule has 1 unspecified atom stereocenters. The van der Waals surface area contributed by atoms with Gasteiger partial charge in [-0.1, -0.05) is 38.8 Å². The van der Waals surface area contributed by atoms with Gasteiger partial charge in [0.05, 0.1) is 23.5 Å². The molecule has 3 aromatic heterocycles. The molecule has 0 spiro atoms. The SMILES string of the molecule is CC(C)C(C)(O)C#Cc1ccc(-c2cccc3c(NS(C)(=O)=O)nn(C)c23)c([C@H](Cc2cc(F)cc(F)c2)NC(=O)Cn2nc(C(F)(F)F)c3c2C(F)(F)[C@H](C)C3)n1. The van der Waals surface area contributed by atoms with Gasteiger partial charge in [0.1, 0.15) is 35.2 Å². The lowest BCUT2D eigenvalue weighted by atomic mass is 9.92. The molecular weight excluding hydrogens is 796 g/mol. The second-order valence-corrected chi connectivity index (χ2v) is 16.6. The molecule has 0 bridgehead atoms. The van der Waals surface area contributed by atoms with Crippen LogP contribution in [0.15, 0.2) is 48.5 Å². The molecule has 19 heteroatoms. The normalized spacial score (nSPS) is 16.8. The van der Waals surface area contributed by atoms with Gasteiger partial charge in [-0.15, -0.1) is 0 Å². The Morgan fingerprint density at radius 3 is 2.36 bits per heavy atom. The predicted molar refractivity (Wildman–Crippen MR) is 200 cm³/mol. The number of pyridine rings is 1. The van der Waals surface area contributed by atoms with Crippen molar-refractivity contribution in [1.82, 2.24) is 29.9 Å². The summed E-state index contributed by atoms with van der Waals surface area (Å²) >= 11 is 0. The summed E-state index contributed by atoms with van der Waals surface area (Å²) in [4.78, 5) is 18.6. The summed E-state index contributed by atoms with van der Waals surface area (Å²) in [5.74, 6) is -3.04. The first-order valence-corrected chi connectivity index (χ1v) is 19.7. The van der Waals surface area contributed by atoms with E-state index in [1.54, 1.807) is 45.2 Å². The van der Waals surface area contributed by atoms with Gasteiger partial charge < -0.3 is 10.4 Å². The molecule has 308 valence electrons. The highest BCUT2D eigenvalue weighted by atomic mass is 32.2. The molecule has 0 fully saturated rings. The van der Waals surface area contributed by atoms with Crippen LogP contribution in [0.2, 0.25) is 0 Å². The fourth-order valence-electron chi connectivity index (χ4n) is 6.81. The Kier molecular flexibility index (Phi) is 10.9. The molecule has 1 amide bonds. The van der Waals surface area contributed by atoms with Gasteiger partial charge in [-0.3, -0.25) is 18.9 Å². The Hall–Kier alpha value is -5.48. The molecule has 0 saturated carbocycles. The Morgan fingerprint density at radius 2 is 1.74 bits per heavy atom. The molecule has 11 nitrogen and oxygen atoms in total. The molecule has 1 aliphatic rings. The van der Waals surface area contributed by atoms with Crippen LogP contribution in [0.25, 0.3) is 22.0 Å². The number of aliphatic hydroxyl groups is 1. The van der Waals surface area contributed by atoms with Crippen LogP contribution in [0.3, 0.4) is 0 Å². The van der Waals surface area contributed by atoms with E-state index in [0.717, 1.165) is 25.3 Å². The standard InChI is InChI=1S/C39H38F7N7O4S/c1-20(2)37(4,55)13-12-25-10-11-26(27-8-7-9-28-33(27)52(5)50-36(28)51-58(6,56)57)32(47-25)30(17-22-15-23(40)18-24(41)16-22)48-31(54)19-53-35-29(14-21(3)38(35,42)43)34(49-53)39(44,45)46/h7-11,15-16,18,20-21,30,55H,14,17,19H2,1-6H3,(H,48,54)(H,50,51)/t21-,30+,37?/m1/s1. The van der Waals surface area contributed by atoms with Crippen molar-refractivity contribution in [3.63, 3.8) is 0 Å². The number of aryl methyl sites for hydroxylation is 1. The van der Waals surface area contributed by atoms with E-state index in [9.17, 15) is 40.3 Å². The number of sulfonamides is 1. The topological polar surface area (TPSA) is 144 Å². The minimum Gasteiger partial charge on any atom is -0.378 e. The molecule has 3 heterocycles. The number of aromatic nitrogens is 5. The van der Waals surface area contributed by atoms with Crippen LogP contribution in [0, 0.1) is 35.3 Å². The molecule has 0 radical (unpaired) electrons. The number of para-hydroxylation sites is 1. The lowest BCUT2D eigenvalue weighted by Crippen LogP contribution is -2.35. The van der Waals surface area contributed by atoms with E-state index in [4.69, 9.17) is 4.98 Å². The number of carbonyl (C=O) groups is 1. The monoisotopic (exact) mass is 833 g/mol. The van der Waals surface area contributed by atoms with Gasteiger partial charge in [-0.2, -0.15) is 32.1 Å². The largest absolute Gasteiger partial charge is 0.435 e. The van der Waals surface area contributed by atoms with Crippen molar-refractivity contribution in [2.24, 2.45) is 18.9 Å². The average molecular weight is 834 g/mol. The predicted octanol–water partition coefficient (Wildman–Crippen LogP) is 6.64. The molecule has 3 atom stereocenters. The van der Waals surface area contributed by atoms with Gasteiger partial charge in [0.25, 0.3) is 5.92 Å². The fourth-order valence-corrected chi connectivity index (χ4v) is 7.31. The van der Waals surface area contributed by atoms with Gasteiger partial charge in [0.15, 0.2) is 11.5 Å². The summed E-state index contributed by atoms with van der Waals surface area (Å²) in [5.41, 5.74) is -3.67.